The van der Waals surface area contributed by atoms with Gasteiger partial charge in [-0.15, -0.1) is 11.6 Å². The molecule has 1 saturated heterocycles. The fourth-order valence-electron chi connectivity index (χ4n) is 4.09. The van der Waals surface area contributed by atoms with E-state index < -0.39 is 0 Å². The molecule has 0 aromatic heterocycles. The molecular weight excluding hydrogens is 242 g/mol. The van der Waals surface area contributed by atoms with Crippen molar-refractivity contribution in [3.05, 3.63) is 0 Å². The number of alkyl halides is 1. The van der Waals surface area contributed by atoms with Gasteiger partial charge >= 0.3 is 0 Å². The van der Waals surface area contributed by atoms with Crippen LogP contribution in [0.2, 0.25) is 0 Å². The second-order valence-corrected chi connectivity index (χ2v) is 7.55. The maximum atomic E-state index is 6.23. The van der Waals surface area contributed by atoms with Crippen LogP contribution in [0.1, 0.15) is 58.8 Å². The monoisotopic (exact) mass is 271 g/mol. The van der Waals surface area contributed by atoms with Gasteiger partial charge in [-0.25, -0.2) is 0 Å². The van der Waals surface area contributed by atoms with E-state index in [2.05, 4.69) is 19.2 Å². The number of hydrogen-bond donors (Lipinski definition) is 1. The van der Waals surface area contributed by atoms with Crippen molar-refractivity contribution in [2.75, 3.05) is 13.1 Å². The van der Waals surface area contributed by atoms with E-state index in [1.165, 1.54) is 58.0 Å². The zero-order chi connectivity index (χ0) is 13.0. The van der Waals surface area contributed by atoms with Crippen molar-refractivity contribution >= 4 is 11.6 Å². The Balaban J connectivity index is 1.67. The summed E-state index contributed by atoms with van der Waals surface area (Å²) in [6, 6.07) is 0. The first-order chi connectivity index (χ1) is 8.65. The van der Waals surface area contributed by atoms with E-state index in [-0.39, 0.29) is 0 Å². The lowest BCUT2D eigenvalue weighted by atomic mass is 9.81. The van der Waals surface area contributed by atoms with E-state index in [9.17, 15) is 0 Å². The minimum absolute atomic E-state index is 0.468. The number of hydrogen-bond acceptors (Lipinski definition) is 1. The second kappa shape index (κ2) is 7.14. The number of piperidine rings is 1. The van der Waals surface area contributed by atoms with Gasteiger partial charge in [-0.1, -0.05) is 13.8 Å². The lowest BCUT2D eigenvalue weighted by Gasteiger charge is -2.28. The highest BCUT2D eigenvalue weighted by molar-refractivity contribution is 6.20. The van der Waals surface area contributed by atoms with Crippen LogP contribution in [-0.4, -0.2) is 18.5 Å². The van der Waals surface area contributed by atoms with Gasteiger partial charge in [-0.05, 0) is 81.7 Å². The van der Waals surface area contributed by atoms with E-state index in [0.717, 1.165) is 23.7 Å². The van der Waals surface area contributed by atoms with Crippen LogP contribution in [0.3, 0.4) is 0 Å². The summed E-state index contributed by atoms with van der Waals surface area (Å²) in [6.45, 7) is 7.40. The summed E-state index contributed by atoms with van der Waals surface area (Å²) in [7, 11) is 0. The van der Waals surface area contributed by atoms with Crippen molar-refractivity contribution in [1.82, 2.24) is 5.32 Å². The third kappa shape index (κ3) is 4.42. The molecule has 0 aromatic carbocycles. The van der Waals surface area contributed by atoms with Crippen LogP contribution < -0.4 is 5.32 Å². The smallest absolute Gasteiger partial charge is 0.0338 e. The normalized spacial score (nSPS) is 36.5. The van der Waals surface area contributed by atoms with Crippen LogP contribution in [0, 0.1) is 23.7 Å². The Morgan fingerprint density at radius 2 is 2.06 bits per heavy atom. The van der Waals surface area contributed by atoms with Gasteiger partial charge in [-0.2, -0.15) is 0 Å². The summed E-state index contributed by atoms with van der Waals surface area (Å²) >= 11 is 6.23. The van der Waals surface area contributed by atoms with E-state index in [1.54, 1.807) is 0 Å². The highest BCUT2D eigenvalue weighted by Gasteiger charge is 2.28. The topological polar surface area (TPSA) is 12.0 Å². The molecule has 1 saturated carbocycles. The minimum Gasteiger partial charge on any atom is -0.316 e. The molecule has 2 heteroatoms. The lowest BCUT2D eigenvalue weighted by Crippen LogP contribution is -2.31. The zero-order valence-electron chi connectivity index (χ0n) is 12.1. The Labute approximate surface area is 118 Å². The highest BCUT2D eigenvalue weighted by atomic mass is 35.5. The molecule has 18 heavy (non-hydrogen) atoms. The van der Waals surface area contributed by atoms with Crippen LogP contribution in [-0.2, 0) is 0 Å². The lowest BCUT2D eigenvalue weighted by molar-refractivity contribution is 0.249. The van der Waals surface area contributed by atoms with Crippen LogP contribution in [0.15, 0.2) is 0 Å². The zero-order valence-corrected chi connectivity index (χ0v) is 12.9. The maximum Gasteiger partial charge on any atom is 0.0338 e. The van der Waals surface area contributed by atoms with E-state index in [4.69, 9.17) is 11.6 Å². The summed E-state index contributed by atoms with van der Waals surface area (Å²) < 4.78 is 0. The first-order valence-electron chi connectivity index (χ1n) is 8.00. The molecule has 1 N–H and O–H groups in total. The Morgan fingerprint density at radius 3 is 2.67 bits per heavy atom. The van der Waals surface area contributed by atoms with Crippen molar-refractivity contribution in [2.24, 2.45) is 23.7 Å². The summed E-state index contributed by atoms with van der Waals surface area (Å²) in [4.78, 5) is 0. The van der Waals surface area contributed by atoms with Crippen LogP contribution in [0.4, 0.5) is 0 Å². The molecule has 1 aliphatic heterocycles. The highest BCUT2D eigenvalue weighted by Crippen LogP contribution is 2.38. The van der Waals surface area contributed by atoms with Crippen molar-refractivity contribution < 1.29 is 0 Å². The van der Waals surface area contributed by atoms with Crippen molar-refractivity contribution in [2.45, 2.75) is 64.2 Å². The first-order valence-corrected chi connectivity index (χ1v) is 8.43. The number of nitrogens with one attached hydrogen (secondary N) is 1. The van der Waals surface area contributed by atoms with Crippen LogP contribution >= 0.6 is 11.6 Å². The van der Waals surface area contributed by atoms with Gasteiger partial charge in [0.25, 0.3) is 0 Å². The van der Waals surface area contributed by atoms with E-state index in [1.807, 2.05) is 0 Å². The third-order valence-corrected chi connectivity index (χ3v) is 5.52. The predicted molar refractivity (Wildman–Crippen MR) is 80.1 cm³/mol. The Bertz CT molecular complexity index is 237. The Hall–Kier alpha value is 0.250. The van der Waals surface area contributed by atoms with Crippen molar-refractivity contribution in [3.63, 3.8) is 0 Å². The van der Waals surface area contributed by atoms with Gasteiger partial charge in [0.2, 0.25) is 0 Å². The van der Waals surface area contributed by atoms with Crippen LogP contribution in [0.25, 0.3) is 0 Å². The molecular formula is C16H30ClN. The molecule has 2 fully saturated rings. The molecule has 1 nitrogen and oxygen atoms in total. The summed E-state index contributed by atoms with van der Waals surface area (Å²) in [5, 5.41) is 4.00. The largest absolute Gasteiger partial charge is 0.316 e. The predicted octanol–water partition coefficient (Wildman–Crippen LogP) is 4.45. The van der Waals surface area contributed by atoms with Gasteiger partial charge in [0, 0.05) is 5.38 Å². The SMILES string of the molecule is CC(CC1CCCNC1)CC(C)C1CCC(Cl)C1. The molecule has 0 bridgehead atoms. The molecule has 106 valence electrons. The van der Waals surface area contributed by atoms with Gasteiger partial charge in [0.15, 0.2) is 0 Å². The second-order valence-electron chi connectivity index (χ2n) is 6.94. The minimum atomic E-state index is 0.468. The third-order valence-electron chi connectivity index (χ3n) is 5.12. The van der Waals surface area contributed by atoms with Crippen LogP contribution in [0.5, 0.6) is 0 Å². The molecule has 0 spiro atoms. The number of halogens is 1. The molecule has 1 aliphatic carbocycles. The summed E-state index contributed by atoms with van der Waals surface area (Å²) in [5.41, 5.74) is 0. The Kier molecular flexibility index (Phi) is 5.82. The summed E-state index contributed by atoms with van der Waals surface area (Å²) in [6.07, 6.45) is 9.53. The average molecular weight is 272 g/mol. The molecule has 2 rings (SSSR count). The standard InChI is InChI=1S/C16H30ClN/c1-12(9-14-4-3-7-18-11-14)8-13(2)15-5-6-16(17)10-15/h12-16,18H,3-11H2,1-2H3. The van der Waals surface area contributed by atoms with Crippen molar-refractivity contribution in [3.8, 4) is 0 Å². The fraction of sp³-hybridized carbons (Fsp3) is 1.00. The molecule has 0 aromatic rings. The molecule has 5 unspecified atom stereocenters. The van der Waals surface area contributed by atoms with Gasteiger partial charge in [0.1, 0.15) is 0 Å². The maximum absolute atomic E-state index is 6.23. The van der Waals surface area contributed by atoms with Gasteiger partial charge in [0.05, 0.1) is 0 Å². The quantitative estimate of drug-likeness (QED) is 0.729. The summed E-state index contributed by atoms with van der Waals surface area (Å²) in [5.74, 6) is 3.60. The molecule has 0 amide bonds. The molecule has 2 aliphatic rings. The molecule has 0 radical (unpaired) electrons. The van der Waals surface area contributed by atoms with E-state index >= 15 is 0 Å². The fourth-order valence-corrected chi connectivity index (χ4v) is 4.45. The average Bonchev–Trinajstić information content (AvgIpc) is 2.77. The first kappa shape index (κ1) is 14.7. The molecule has 5 atom stereocenters. The molecule has 1 heterocycles. The Morgan fingerprint density at radius 1 is 1.22 bits per heavy atom. The van der Waals surface area contributed by atoms with E-state index in [0.29, 0.717) is 5.38 Å². The number of rotatable bonds is 5. The van der Waals surface area contributed by atoms with Crippen molar-refractivity contribution in [1.29, 1.82) is 0 Å². The van der Waals surface area contributed by atoms with Gasteiger partial charge in [-0.3, -0.25) is 0 Å². The van der Waals surface area contributed by atoms with Gasteiger partial charge < -0.3 is 5.32 Å².